The summed E-state index contributed by atoms with van der Waals surface area (Å²) in [5.74, 6) is 0.0940. The van der Waals surface area contributed by atoms with Gasteiger partial charge in [-0.25, -0.2) is 4.99 Å². The van der Waals surface area contributed by atoms with Crippen molar-refractivity contribution >= 4 is 40.1 Å². The molecule has 1 atom stereocenters. The Hall–Kier alpha value is -2.60. The van der Waals surface area contributed by atoms with Gasteiger partial charge in [-0.1, -0.05) is 62.0 Å². The number of hydrogen-bond acceptors (Lipinski definition) is 4. The number of anilines is 1. The number of aliphatic imine (C=N–C) groups is 1. The molecule has 1 saturated heterocycles. The van der Waals surface area contributed by atoms with Gasteiger partial charge in [0.2, 0.25) is 11.8 Å². The van der Waals surface area contributed by atoms with E-state index in [1.165, 1.54) is 11.8 Å². The molecule has 2 aromatic rings. The molecule has 0 radical (unpaired) electrons. The van der Waals surface area contributed by atoms with Crippen molar-refractivity contribution in [3.63, 3.8) is 0 Å². The molecule has 1 N–H and O–H groups in total. The second-order valence-electron chi connectivity index (χ2n) is 6.80. The smallest absolute Gasteiger partial charge is 0.242 e. The van der Waals surface area contributed by atoms with Crippen LogP contribution in [0.5, 0.6) is 0 Å². The van der Waals surface area contributed by atoms with Crippen molar-refractivity contribution in [3.05, 3.63) is 60.7 Å². The highest BCUT2D eigenvalue weighted by atomic mass is 32.2. The minimum absolute atomic E-state index is 0.0495. The molecule has 1 aliphatic rings. The summed E-state index contributed by atoms with van der Waals surface area (Å²) >= 11 is 1.37. The molecule has 0 aliphatic carbocycles. The summed E-state index contributed by atoms with van der Waals surface area (Å²) < 4.78 is 0. The van der Waals surface area contributed by atoms with Gasteiger partial charge in [-0.15, -0.1) is 0 Å². The van der Waals surface area contributed by atoms with Crippen LogP contribution in [0.3, 0.4) is 0 Å². The third-order valence-corrected chi connectivity index (χ3v) is 5.15. The van der Waals surface area contributed by atoms with Crippen molar-refractivity contribution in [3.8, 4) is 0 Å². The first-order chi connectivity index (χ1) is 13.0. The number of hydrogen-bond donors (Lipinski definition) is 1. The van der Waals surface area contributed by atoms with Gasteiger partial charge in [0.15, 0.2) is 5.17 Å². The maximum Gasteiger partial charge on any atom is 0.242 e. The molecule has 3 rings (SSSR count). The molecule has 2 amide bonds. The van der Waals surface area contributed by atoms with Crippen LogP contribution in [0, 0.1) is 5.92 Å². The molecule has 27 heavy (non-hydrogen) atoms. The Kier molecular flexibility index (Phi) is 6.29. The van der Waals surface area contributed by atoms with Crippen LogP contribution < -0.4 is 5.32 Å². The van der Waals surface area contributed by atoms with Crippen molar-refractivity contribution in [2.75, 3.05) is 11.9 Å². The number of amides is 2. The number of carbonyl (C=O) groups excluding carboxylic acids is 2. The number of thioether (sulfide) groups is 1. The molecule has 1 heterocycles. The zero-order valence-corrected chi connectivity index (χ0v) is 16.3. The van der Waals surface area contributed by atoms with Gasteiger partial charge in [0, 0.05) is 18.7 Å². The van der Waals surface area contributed by atoms with Crippen LogP contribution in [0.2, 0.25) is 0 Å². The van der Waals surface area contributed by atoms with E-state index in [9.17, 15) is 9.59 Å². The largest absolute Gasteiger partial charge is 0.326 e. The van der Waals surface area contributed by atoms with Crippen LogP contribution in [0.4, 0.5) is 11.4 Å². The number of rotatable bonds is 6. The molecule has 1 aliphatic heterocycles. The van der Waals surface area contributed by atoms with Gasteiger partial charge in [0.1, 0.15) is 5.25 Å². The van der Waals surface area contributed by atoms with Gasteiger partial charge < -0.3 is 5.32 Å². The average Bonchev–Trinajstić information content (AvgIpc) is 2.91. The zero-order valence-electron chi connectivity index (χ0n) is 15.5. The Bertz CT molecular complexity index is 822. The van der Waals surface area contributed by atoms with E-state index in [-0.39, 0.29) is 18.2 Å². The molecule has 5 nitrogen and oxygen atoms in total. The molecular weight excluding hydrogens is 358 g/mol. The van der Waals surface area contributed by atoms with Gasteiger partial charge in [-0.2, -0.15) is 0 Å². The van der Waals surface area contributed by atoms with Crippen molar-refractivity contribution in [2.45, 2.75) is 25.5 Å². The van der Waals surface area contributed by atoms with E-state index in [1.807, 2.05) is 60.7 Å². The van der Waals surface area contributed by atoms with E-state index < -0.39 is 5.25 Å². The Balaban J connectivity index is 1.73. The number of amidine groups is 1. The average molecular weight is 382 g/mol. The lowest BCUT2D eigenvalue weighted by atomic mass is 10.2. The van der Waals surface area contributed by atoms with Crippen LogP contribution in [0.25, 0.3) is 0 Å². The molecule has 6 heteroatoms. The summed E-state index contributed by atoms with van der Waals surface area (Å²) in [4.78, 5) is 31.6. The number of para-hydroxylation sites is 2. The first kappa shape index (κ1) is 19.2. The molecular formula is C21H23N3O2S. The third kappa shape index (κ3) is 5.20. The molecule has 1 fully saturated rings. The zero-order chi connectivity index (χ0) is 19.2. The predicted molar refractivity (Wildman–Crippen MR) is 111 cm³/mol. The van der Waals surface area contributed by atoms with E-state index >= 15 is 0 Å². The van der Waals surface area contributed by atoms with Crippen LogP contribution >= 0.6 is 11.8 Å². The fraction of sp³-hybridized carbons (Fsp3) is 0.286. The number of nitrogens with one attached hydrogen (secondary N) is 1. The van der Waals surface area contributed by atoms with Crippen LogP contribution in [-0.2, 0) is 9.59 Å². The standard InChI is InChI=1S/C21H23N3O2S/c1-15(2)14-24-20(26)18(13-19(25)22-16-9-5-3-6-10-16)27-21(24)23-17-11-7-4-8-12-17/h3-12,15,18H,13-14H2,1-2H3,(H,22,25). The van der Waals surface area contributed by atoms with E-state index in [0.717, 1.165) is 11.4 Å². The van der Waals surface area contributed by atoms with Crippen LogP contribution in [0.15, 0.2) is 65.7 Å². The van der Waals surface area contributed by atoms with Gasteiger partial charge in [-0.3, -0.25) is 14.5 Å². The first-order valence-corrected chi connectivity index (χ1v) is 9.87. The number of benzene rings is 2. The monoisotopic (exact) mass is 381 g/mol. The van der Waals surface area contributed by atoms with E-state index in [0.29, 0.717) is 17.6 Å². The number of nitrogens with zero attached hydrogens (tertiary/aromatic N) is 2. The molecule has 2 aromatic carbocycles. The quantitative estimate of drug-likeness (QED) is 0.811. The summed E-state index contributed by atoms with van der Waals surface area (Å²) in [6.07, 6.45) is 0.126. The van der Waals surface area contributed by atoms with E-state index in [1.54, 1.807) is 4.90 Å². The maximum atomic E-state index is 12.9. The molecule has 1 unspecified atom stereocenters. The lowest BCUT2D eigenvalue weighted by molar-refractivity contribution is -0.128. The second-order valence-corrected chi connectivity index (χ2v) is 7.97. The molecule has 0 saturated carbocycles. The Morgan fingerprint density at radius 1 is 1.11 bits per heavy atom. The first-order valence-electron chi connectivity index (χ1n) is 8.99. The van der Waals surface area contributed by atoms with Crippen molar-refractivity contribution in [2.24, 2.45) is 10.9 Å². The van der Waals surface area contributed by atoms with E-state index in [4.69, 9.17) is 0 Å². The van der Waals surface area contributed by atoms with Gasteiger partial charge >= 0.3 is 0 Å². The lowest BCUT2D eigenvalue weighted by Crippen LogP contribution is -2.36. The highest BCUT2D eigenvalue weighted by molar-refractivity contribution is 8.15. The molecule has 140 valence electrons. The normalized spacial score (nSPS) is 18.3. The summed E-state index contributed by atoms with van der Waals surface area (Å²) in [5.41, 5.74) is 1.53. The highest BCUT2D eigenvalue weighted by Gasteiger charge is 2.39. The van der Waals surface area contributed by atoms with Gasteiger partial charge in [0.25, 0.3) is 0 Å². The predicted octanol–water partition coefficient (Wildman–Crippen LogP) is 4.30. The number of carbonyl (C=O) groups is 2. The third-order valence-electron chi connectivity index (χ3n) is 3.98. The van der Waals surface area contributed by atoms with Gasteiger partial charge in [-0.05, 0) is 30.2 Å². The molecule has 0 spiro atoms. The maximum absolute atomic E-state index is 12.9. The highest BCUT2D eigenvalue weighted by Crippen LogP contribution is 2.32. The lowest BCUT2D eigenvalue weighted by Gasteiger charge is -2.18. The van der Waals surface area contributed by atoms with Crippen LogP contribution in [0.1, 0.15) is 20.3 Å². The van der Waals surface area contributed by atoms with E-state index in [2.05, 4.69) is 24.2 Å². The van der Waals surface area contributed by atoms with Crippen molar-refractivity contribution < 1.29 is 9.59 Å². The second kappa shape index (κ2) is 8.86. The molecule has 0 bridgehead atoms. The van der Waals surface area contributed by atoms with Crippen molar-refractivity contribution in [1.82, 2.24) is 4.90 Å². The topological polar surface area (TPSA) is 61.8 Å². The minimum atomic E-state index is -0.449. The molecule has 0 aromatic heterocycles. The fourth-order valence-corrected chi connectivity index (χ4v) is 3.94. The fourth-order valence-electron chi connectivity index (χ4n) is 2.77. The minimum Gasteiger partial charge on any atom is -0.326 e. The summed E-state index contributed by atoms with van der Waals surface area (Å²) in [7, 11) is 0. The van der Waals surface area contributed by atoms with Gasteiger partial charge in [0.05, 0.1) is 5.69 Å². The Morgan fingerprint density at radius 2 is 1.74 bits per heavy atom. The summed E-state index contributed by atoms with van der Waals surface area (Å²) in [5, 5.41) is 3.06. The Labute approximate surface area is 163 Å². The SMILES string of the molecule is CC(C)CN1C(=O)C(CC(=O)Nc2ccccc2)SC1=Nc1ccccc1. The summed E-state index contributed by atoms with van der Waals surface area (Å²) in [6, 6.07) is 18.8. The summed E-state index contributed by atoms with van der Waals surface area (Å²) in [6.45, 7) is 4.72. The van der Waals surface area contributed by atoms with Crippen LogP contribution in [-0.4, -0.2) is 33.7 Å². The van der Waals surface area contributed by atoms with Crippen molar-refractivity contribution in [1.29, 1.82) is 0 Å². The Morgan fingerprint density at radius 3 is 2.37 bits per heavy atom.